The quantitative estimate of drug-likeness (QED) is 0.740. The van der Waals surface area contributed by atoms with Gasteiger partial charge < -0.3 is 15.7 Å². The van der Waals surface area contributed by atoms with Gasteiger partial charge in [-0.15, -0.1) is 0 Å². The van der Waals surface area contributed by atoms with E-state index in [-0.39, 0.29) is 0 Å². The first-order chi connectivity index (χ1) is 10.5. The van der Waals surface area contributed by atoms with E-state index in [1.807, 2.05) is 56.3 Å². The minimum atomic E-state index is -0.615. The van der Waals surface area contributed by atoms with E-state index in [4.69, 9.17) is 23.8 Å². The van der Waals surface area contributed by atoms with Gasteiger partial charge in [-0.1, -0.05) is 48.0 Å². The highest BCUT2D eigenvalue weighted by atomic mass is 35.5. The summed E-state index contributed by atoms with van der Waals surface area (Å²) in [6, 6.07) is 13.4. The number of hydrogen-bond acceptors (Lipinski definition) is 2. The van der Waals surface area contributed by atoms with Crippen LogP contribution in [0.1, 0.15) is 22.8 Å². The van der Waals surface area contributed by atoms with Crippen molar-refractivity contribution in [2.45, 2.75) is 20.0 Å². The molecule has 0 spiro atoms. The maximum Gasteiger partial charge on any atom is 0.170 e. The molecule has 0 amide bonds. The van der Waals surface area contributed by atoms with Crippen LogP contribution in [0.5, 0.6) is 0 Å². The first-order valence-electron chi connectivity index (χ1n) is 7.02. The van der Waals surface area contributed by atoms with E-state index in [0.29, 0.717) is 16.7 Å². The standard InChI is InChI=1S/C17H19ClN2OS/c1-11-8-12(2)16(14(18)9-11)20-17(22)19-10-15(21)13-6-4-3-5-7-13/h3-9,15,21H,10H2,1-2H3,(H2,19,20,22)/t15-/m1/s1. The van der Waals surface area contributed by atoms with Crippen molar-refractivity contribution in [1.82, 2.24) is 5.32 Å². The van der Waals surface area contributed by atoms with Crippen molar-refractivity contribution in [2.75, 3.05) is 11.9 Å². The van der Waals surface area contributed by atoms with Crippen molar-refractivity contribution < 1.29 is 5.11 Å². The molecule has 0 aliphatic rings. The van der Waals surface area contributed by atoms with Gasteiger partial charge in [-0.2, -0.15) is 0 Å². The van der Waals surface area contributed by atoms with Crippen molar-refractivity contribution in [2.24, 2.45) is 0 Å². The lowest BCUT2D eigenvalue weighted by Gasteiger charge is -2.17. The fraction of sp³-hybridized carbons (Fsp3) is 0.235. The monoisotopic (exact) mass is 334 g/mol. The second kappa shape index (κ2) is 7.58. The molecule has 5 heteroatoms. The van der Waals surface area contributed by atoms with Gasteiger partial charge >= 0.3 is 0 Å². The number of thiocarbonyl (C=S) groups is 1. The van der Waals surface area contributed by atoms with Crippen molar-refractivity contribution in [3.05, 3.63) is 64.2 Å². The first-order valence-corrected chi connectivity index (χ1v) is 7.80. The molecule has 1 atom stereocenters. The molecule has 0 saturated heterocycles. The van der Waals surface area contributed by atoms with E-state index in [2.05, 4.69) is 10.6 Å². The average Bonchev–Trinajstić information content (AvgIpc) is 2.49. The van der Waals surface area contributed by atoms with E-state index >= 15 is 0 Å². The third-order valence-corrected chi connectivity index (χ3v) is 3.86. The van der Waals surface area contributed by atoms with E-state index in [9.17, 15) is 5.11 Å². The Hall–Kier alpha value is -1.62. The van der Waals surface area contributed by atoms with Crippen molar-refractivity contribution >= 4 is 34.6 Å². The topological polar surface area (TPSA) is 44.3 Å². The van der Waals surface area contributed by atoms with Crippen LogP contribution in [-0.4, -0.2) is 16.8 Å². The first kappa shape index (κ1) is 16.7. The van der Waals surface area contributed by atoms with Crippen LogP contribution in [0, 0.1) is 13.8 Å². The van der Waals surface area contributed by atoms with Gasteiger partial charge in [0.25, 0.3) is 0 Å². The molecule has 0 saturated carbocycles. The third kappa shape index (κ3) is 4.44. The van der Waals surface area contributed by atoms with Crippen LogP contribution in [0.2, 0.25) is 5.02 Å². The molecule has 3 N–H and O–H groups in total. The van der Waals surface area contributed by atoms with Crippen LogP contribution in [0.15, 0.2) is 42.5 Å². The van der Waals surface area contributed by atoms with Gasteiger partial charge in [0.2, 0.25) is 0 Å². The fourth-order valence-corrected chi connectivity index (χ4v) is 2.77. The average molecular weight is 335 g/mol. The summed E-state index contributed by atoms with van der Waals surface area (Å²) in [6.45, 7) is 4.30. The van der Waals surface area contributed by atoms with Gasteiger partial charge in [0.1, 0.15) is 0 Å². The number of hydrogen-bond donors (Lipinski definition) is 3. The second-order valence-corrected chi connectivity index (χ2v) is 6.02. The van der Waals surface area contributed by atoms with E-state index in [1.165, 1.54) is 0 Å². The molecule has 0 aromatic heterocycles. The molecule has 2 rings (SSSR count). The summed E-state index contributed by atoms with van der Waals surface area (Å²) in [5, 5.41) is 17.3. The van der Waals surface area contributed by atoms with Gasteiger partial charge in [-0.05, 0) is 48.8 Å². The Morgan fingerprint density at radius 3 is 2.55 bits per heavy atom. The summed E-state index contributed by atoms with van der Waals surface area (Å²) in [5.41, 5.74) is 3.77. The molecule has 2 aromatic rings. The summed E-state index contributed by atoms with van der Waals surface area (Å²) < 4.78 is 0. The number of halogens is 1. The van der Waals surface area contributed by atoms with Gasteiger partial charge in [0, 0.05) is 6.54 Å². The summed E-state index contributed by atoms with van der Waals surface area (Å²) in [7, 11) is 0. The fourth-order valence-electron chi connectivity index (χ4n) is 2.21. The molecule has 0 fully saturated rings. The van der Waals surface area contributed by atoms with E-state index in [0.717, 1.165) is 22.4 Å². The van der Waals surface area contributed by atoms with Crippen LogP contribution < -0.4 is 10.6 Å². The molecule has 3 nitrogen and oxygen atoms in total. The molecule has 0 aliphatic heterocycles. The predicted molar refractivity (Wildman–Crippen MR) is 96.6 cm³/mol. The molecule has 0 bridgehead atoms. The normalized spacial score (nSPS) is 11.8. The maximum atomic E-state index is 10.1. The zero-order valence-electron chi connectivity index (χ0n) is 12.6. The Morgan fingerprint density at radius 2 is 1.91 bits per heavy atom. The number of aliphatic hydroxyl groups excluding tert-OH is 1. The van der Waals surface area contributed by atoms with Gasteiger partial charge in [-0.3, -0.25) is 0 Å². The number of aryl methyl sites for hydroxylation is 2. The maximum absolute atomic E-state index is 10.1. The van der Waals surface area contributed by atoms with Crippen molar-refractivity contribution in [3.63, 3.8) is 0 Å². The van der Waals surface area contributed by atoms with Crippen LogP contribution in [0.25, 0.3) is 0 Å². The zero-order chi connectivity index (χ0) is 16.1. The van der Waals surface area contributed by atoms with E-state index in [1.54, 1.807) is 0 Å². The Labute approximate surface area is 141 Å². The van der Waals surface area contributed by atoms with Crippen molar-refractivity contribution in [1.29, 1.82) is 0 Å². The van der Waals surface area contributed by atoms with Gasteiger partial charge in [-0.25, -0.2) is 0 Å². The lowest BCUT2D eigenvalue weighted by molar-refractivity contribution is 0.181. The molecular formula is C17H19ClN2OS. The number of benzene rings is 2. The Balaban J connectivity index is 1.94. The number of aliphatic hydroxyl groups is 1. The van der Waals surface area contributed by atoms with E-state index < -0.39 is 6.10 Å². The van der Waals surface area contributed by atoms with Crippen LogP contribution >= 0.6 is 23.8 Å². The molecule has 116 valence electrons. The molecular weight excluding hydrogens is 316 g/mol. The molecule has 0 unspecified atom stereocenters. The molecule has 0 aliphatic carbocycles. The summed E-state index contributed by atoms with van der Waals surface area (Å²) in [5.74, 6) is 0. The summed E-state index contributed by atoms with van der Waals surface area (Å²) in [6.07, 6.45) is -0.615. The van der Waals surface area contributed by atoms with Crippen molar-refractivity contribution in [3.8, 4) is 0 Å². The zero-order valence-corrected chi connectivity index (χ0v) is 14.1. The smallest absolute Gasteiger partial charge is 0.170 e. The summed E-state index contributed by atoms with van der Waals surface area (Å²) >= 11 is 11.5. The Morgan fingerprint density at radius 1 is 1.23 bits per heavy atom. The molecule has 0 heterocycles. The largest absolute Gasteiger partial charge is 0.387 e. The predicted octanol–water partition coefficient (Wildman–Crippen LogP) is 3.98. The Kier molecular flexibility index (Phi) is 5.77. The Bertz CT molecular complexity index is 638. The lowest BCUT2D eigenvalue weighted by Crippen LogP contribution is -2.32. The molecule has 2 aromatic carbocycles. The minimum Gasteiger partial charge on any atom is -0.387 e. The third-order valence-electron chi connectivity index (χ3n) is 3.31. The van der Waals surface area contributed by atoms with Crippen LogP contribution in [0.4, 0.5) is 5.69 Å². The minimum absolute atomic E-state index is 0.332. The highest BCUT2D eigenvalue weighted by molar-refractivity contribution is 7.80. The molecule has 0 radical (unpaired) electrons. The highest BCUT2D eigenvalue weighted by Crippen LogP contribution is 2.27. The SMILES string of the molecule is Cc1cc(C)c(NC(=S)NC[C@@H](O)c2ccccc2)c(Cl)c1. The summed E-state index contributed by atoms with van der Waals surface area (Å²) in [4.78, 5) is 0. The lowest BCUT2D eigenvalue weighted by atomic mass is 10.1. The van der Waals surface area contributed by atoms with Gasteiger partial charge in [0.15, 0.2) is 5.11 Å². The number of nitrogens with one attached hydrogen (secondary N) is 2. The molecule has 22 heavy (non-hydrogen) atoms. The van der Waals surface area contributed by atoms with Crippen LogP contribution in [0.3, 0.4) is 0 Å². The highest BCUT2D eigenvalue weighted by Gasteiger charge is 2.10. The van der Waals surface area contributed by atoms with Gasteiger partial charge in [0.05, 0.1) is 16.8 Å². The van der Waals surface area contributed by atoms with Crippen LogP contribution in [-0.2, 0) is 0 Å². The number of rotatable bonds is 4. The number of anilines is 1. The second-order valence-electron chi connectivity index (χ2n) is 5.20.